The van der Waals surface area contributed by atoms with Gasteiger partial charge >= 0.3 is 0 Å². The highest BCUT2D eigenvalue weighted by Crippen LogP contribution is 2.16. The first-order valence-electron chi connectivity index (χ1n) is 7.25. The van der Waals surface area contributed by atoms with E-state index in [-0.39, 0.29) is 11.9 Å². The van der Waals surface area contributed by atoms with Gasteiger partial charge in [-0.3, -0.25) is 4.79 Å². The normalized spacial score (nSPS) is 11.9. The molecule has 0 saturated heterocycles. The van der Waals surface area contributed by atoms with Crippen LogP contribution in [0.2, 0.25) is 0 Å². The zero-order valence-corrected chi connectivity index (χ0v) is 12.4. The highest BCUT2D eigenvalue weighted by Gasteiger charge is 2.12. The second kappa shape index (κ2) is 7.60. The summed E-state index contributed by atoms with van der Waals surface area (Å²) < 4.78 is 0. The fourth-order valence-corrected chi connectivity index (χ4v) is 2.28. The van der Waals surface area contributed by atoms with Gasteiger partial charge in [0.25, 0.3) is 0 Å². The molecule has 3 nitrogen and oxygen atoms in total. The maximum Gasteiger partial charge on any atom is 0.222 e. The molecule has 0 aromatic heterocycles. The van der Waals surface area contributed by atoms with Crippen LogP contribution in [-0.2, 0) is 11.3 Å². The van der Waals surface area contributed by atoms with Crippen molar-refractivity contribution >= 4 is 5.91 Å². The molecule has 0 spiro atoms. The van der Waals surface area contributed by atoms with Crippen LogP contribution in [0.25, 0.3) is 0 Å². The van der Waals surface area contributed by atoms with Crippen LogP contribution < -0.4 is 5.73 Å². The van der Waals surface area contributed by atoms with Crippen LogP contribution in [0.1, 0.15) is 30.0 Å². The number of nitrogens with zero attached hydrogens (tertiary/aromatic N) is 1. The minimum Gasteiger partial charge on any atom is -0.341 e. The molecule has 2 N–H and O–H groups in total. The molecule has 0 heterocycles. The first-order valence-corrected chi connectivity index (χ1v) is 7.25. The first-order chi connectivity index (χ1) is 10.2. The topological polar surface area (TPSA) is 46.3 Å². The van der Waals surface area contributed by atoms with E-state index in [1.807, 2.05) is 67.7 Å². The summed E-state index contributed by atoms with van der Waals surface area (Å²) in [6.45, 7) is 0.639. The van der Waals surface area contributed by atoms with Gasteiger partial charge in [0.2, 0.25) is 5.91 Å². The van der Waals surface area contributed by atoms with Gasteiger partial charge in [0.15, 0.2) is 0 Å². The SMILES string of the molecule is CN(Cc1ccccc1)C(=O)CCC(N)c1ccccc1. The number of benzene rings is 2. The molecule has 0 aliphatic carbocycles. The van der Waals surface area contributed by atoms with Crippen molar-refractivity contribution in [3.8, 4) is 0 Å². The molecule has 2 rings (SSSR count). The predicted octanol–water partition coefficient (Wildman–Crippen LogP) is 3.13. The summed E-state index contributed by atoms with van der Waals surface area (Å²) in [7, 11) is 1.84. The van der Waals surface area contributed by atoms with Crippen molar-refractivity contribution in [2.75, 3.05) is 7.05 Å². The summed E-state index contributed by atoms with van der Waals surface area (Å²) in [6.07, 6.45) is 1.14. The van der Waals surface area contributed by atoms with Crippen molar-refractivity contribution in [2.45, 2.75) is 25.4 Å². The molecule has 0 aliphatic heterocycles. The standard InChI is InChI=1S/C18H22N2O/c1-20(14-15-8-4-2-5-9-15)18(21)13-12-17(19)16-10-6-3-7-11-16/h2-11,17H,12-14,19H2,1H3. The average molecular weight is 282 g/mol. The zero-order chi connectivity index (χ0) is 15.1. The minimum atomic E-state index is -0.0831. The Kier molecular flexibility index (Phi) is 5.52. The van der Waals surface area contributed by atoms with Gasteiger partial charge in [-0.25, -0.2) is 0 Å². The molecule has 3 heteroatoms. The first kappa shape index (κ1) is 15.3. The molecule has 1 amide bonds. The van der Waals surface area contributed by atoms with Crippen molar-refractivity contribution in [1.29, 1.82) is 0 Å². The van der Waals surface area contributed by atoms with Crippen LogP contribution in [0.3, 0.4) is 0 Å². The van der Waals surface area contributed by atoms with E-state index in [0.717, 1.165) is 11.1 Å². The number of rotatable bonds is 6. The average Bonchev–Trinajstić information content (AvgIpc) is 2.54. The molecule has 110 valence electrons. The van der Waals surface area contributed by atoms with E-state index < -0.39 is 0 Å². The Hall–Kier alpha value is -2.13. The summed E-state index contributed by atoms with van der Waals surface area (Å²) in [6, 6.07) is 19.8. The van der Waals surface area contributed by atoms with Crippen molar-refractivity contribution in [3.05, 3.63) is 71.8 Å². The largest absolute Gasteiger partial charge is 0.341 e. The zero-order valence-electron chi connectivity index (χ0n) is 12.4. The van der Waals surface area contributed by atoms with Gasteiger partial charge in [0, 0.05) is 26.1 Å². The van der Waals surface area contributed by atoms with Crippen LogP contribution >= 0.6 is 0 Å². The molecule has 0 saturated carbocycles. The van der Waals surface area contributed by atoms with Crippen molar-refractivity contribution in [2.24, 2.45) is 5.73 Å². The van der Waals surface area contributed by atoms with Crippen molar-refractivity contribution in [1.82, 2.24) is 4.90 Å². The van der Waals surface area contributed by atoms with Crippen LogP contribution in [0.15, 0.2) is 60.7 Å². The monoisotopic (exact) mass is 282 g/mol. The van der Waals surface area contributed by atoms with E-state index >= 15 is 0 Å². The van der Waals surface area contributed by atoms with Crippen LogP contribution in [-0.4, -0.2) is 17.9 Å². The minimum absolute atomic E-state index is 0.0831. The number of hydrogen-bond donors (Lipinski definition) is 1. The molecule has 1 unspecified atom stereocenters. The lowest BCUT2D eigenvalue weighted by Gasteiger charge is -2.19. The molecule has 0 radical (unpaired) electrons. The second-order valence-electron chi connectivity index (χ2n) is 5.29. The summed E-state index contributed by atoms with van der Waals surface area (Å²) >= 11 is 0. The smallest absolute Gasteiger partial charge is 0.222 e. The quantitative estimate of drug-likeness (QED) is 0.884. The number of amides is 1. The Morgan fingerprint density at radius 1 is 1.05 bits per heavy atom. The van der Waals surface area contributed by atoms with Crippen LogP contribution in [0.4, 0.5) is 0 Å². The van der Waals surface area contributed by atoms with Gasteiger partial charge in [-0.15, -0.1) is 0 Å². The molecular weight excluding hydrogens is 260 g/mol. The maximum atomic E-state index is 12.2. The number of hydrogen-bond acceptors (Lipinski definition) is 2. The Morgan fingerprint density at radius 3 is 2.24 bits per heavy atom. The van der Waals surface area contributed by atoms with E-state index in [9.17, 15) is 4.79 Å². The van der Waals surface area contributed by atoms with Crippen molar-refractivity contribution in [3.63, 3.8) is 0 Å². The third-order valence-corrected chi connectivity index (χ3v) is 3.59. The van der Waals surface area contributed by atoms with E-state index in [1.165, 1.54) is 0 Å². The van der Waals surface area contributed by atoms with E-state index in [2.05, 4.69) is 0 Å². The molecule has 0 fully saturated rings. The van der Waals surface area contributed by atoms with Crippen LogP contribution in [0, 0.1) is 0 Å². The number of nitrogens with two attached hydrogens (primary N) is 1. The lowest BCUT2D eigenvalue weighted by Crippen LogP contribution is -2.27. The highest BCUT2D eigenvalue weighted by atomic mass is 16.2. The summed E-state index contributed by atoms with van der Waals surface area (Å²) in [5.74, 6) is 0.130. The Balaban J connectivity index is 1.81. The molecule has 1 atom stereocenters. The van der Waals surface area contributed by atoms with Gasteiger partial charge in [-0.05, 0) is 17.5 Å². The van der Waals surface area contributed by atoms with Crippen molar-refractivity contribution < 1.29 is 4.79 Å². The Morgan fingerprint density at radius 2 is 1.62 bits per heavy atom. The third-order valence-electron chi connectivity index (χ3n) is 3.59. The fourth-order valence-electron chi connectivity index (χ4n) is 2.28. The molecule has 21 heavy (non-hydrogen) atoms. The number of carbonyl (C=O) groups is 1. The lowest BCUT2D eigenvalue weighted by molar-refractivity contribution is -0.130. The van der Waals surface area contributed by atoms with Gasteiger partial charge < -0.3 is 10.6 Å². The summed E-state index contributed by atoms with van der Waals surface area (Å²) in [5, 5.41) is 0. The Bertz CT molecular complexity index is 554. The summed E-state index contributed by atoms with van der Waals surface area (Å²) in [4.78, 5) is 13.9. The molecule has 0 bridgehead atoms. The highest BCUT2D eigenvalue weighted by molar-refractivity contribution is 5.75. The lowest BCUT2D eigenvalue weighted by atomic mass is 10.0. The van der Waals surface area contributed by atoms with Gasteiger partial charge in [0.05, 0.1) is 0 Å². The second-order valence-corrected chi connectivity index (χ2v) is 5.29. The predicted molar refractivity (Wildman–Crippen MR) is 85.5 cm³/mol. The number of carbonyl (C=O) groups excluding carboxylic acids is 1. The molecule has 2 aromatic rings. The van der Waals surface area contributed by atoms with E-state index in [4.69, 9.17) is 5.73 Å². The van der Waals surface area contributed by atoms with Crippen LogP contribution in [0.5, 0.6) is 0 Å². The van der Waals surface area contributed by atoms with Gasteiger partial charge in [-0.1, -0.05) is 60.7 Å². The van der Waals surface area contributed by atoms with E-state index in [0.29, 0.717) is 19.4 Å². The molecule has 2 aromatic carbocycles. The molecule has 0 aliphatic rings. The van der Waals surface area contributed by atoms with Gasteiger partial charge in [-0.2, -0.15) is 0 Å². The Labute approximate surface area is 126 Å². The maximum absolute atomic E-state index is 12.2. The third kappa shape index (κ3) is 4.72. The van der Waals surface area contributed by atoms with Gasteiger partial charge in [0.1, 0.15) is 0 Å². The van der Waals surface area contributed by atoms with E-state index in [1.54, 1.807) is 4.90 Å². The fraction of sp³-hybridized carbons (Fsp3) is 0.278. The summed E-state index contributed by atoms with van der Waals surface area (Å²) in [5.41, 5.74) is 8.34. The molecular formula is C18H22N2O.